The van der Waals surface area contributed by atoms with Crippen LogP contribution in [0.4, 0.5) is 17.2 Å². The van der Waals surface area contributed by atoms with E-state index in [1.54, 1.807) is 16.6 Å². The maximum absolute atomic E-state index is 6.18. The van der Waals surface area contributed by atoms with Gasteiger partial charge in [-0.3, -0.25) is 0 Å². The van der Waals surface area contributed by atoms with Gasteiger partial charge in [0.25, 0.3) is 0 Å². The first-order valence-corrected chi connectivity index (χ1v) is 13.2. The SMILES string of the molecule is CCC(C)c1ccc(SN(CC)Cc2ccc(C)cc2)c(N=Nc2cn(-c3ccccc3)nc2N)c1. The first kappa shape index (κ1) is 25.7. The molecule has 0 aliphatic heterocycles. The van der Waals surface area contributed by atoms with Crippen LogP contribution in [0.5, 0.6) is 0 Å². The lowest BCUT2D eigenvalue weighted by Gasteiger charge is -2.21. The van der Waals surface area contributed by atoms with Crippen LogP contribution in [-0.2, 0) is 6.54 Å². The van der Waals surface area contributed by atoms with Gasteiger partial charge in [-0.15, -0.1) is 15.3 Å². The zero-order chi connectivity index (χ0) is 25.5. The lowest BCUT2D eigenvalue weighted by molar-refractivity contribution is 0.493. The highest BCUT2D eigenvalue weighted by Crippen LogP contribution is 2.37. The number of aryl methyl sites for hydroxylation is 1. The summed E-state index contributed by atoms with van der Waals surface area (Å²) in [5.74, 6) is 0.795. The van der Waals surface area contributed by atoms with Gasteiger partial charge in [-0.05, 0) is 66.6 Å². The molecule has 3 aromatic carbocycles. The quantitative estimate of drug-likeness (QED) is 0.177. The van der Waals surface area contributed by atoms with Crippen LogP contribution in [-0.4, -0.2) is 20.6 Å². The second kappa shape index (κ2) is 12.0. The molecule has 1 atom stereocenters. The molecular weight excluding hydrogens is 464 g/mol. The monoisotopic (exact) mass is 498 g/mol. The maximum Gasteiger partial charge on any atom is 0.173 e. The Bertz CT molecular complexity index is 1300. The summed E-state index contributed by atoms with van der Waals surface area (Å²) in [6.45, 7) is 10.5. The van der Waals surface area contributed by atoms with Crippen molar-refractivity contribution in [1.82, 2.24) is 14.1 Å². The number of nitrogens with zero attached hydrogens (tertiary/aromatic N) is 5. The van der Waals surface area contributed by atoms with Crippen LogP contribution in [0.1, 0.15) is 49.8 Å². The molecule has 0 spiro atoms. The predicted molar refractivity (Wildman–Crippen MR) is 150 cm³/mol. The van der Waals surface area contributed by atoms with Crippen LogP contribution < -0.4 is 5.73 Å². The van der Waals surface area contributed by atoms with Crippen molar-refractivity contribution in [2.75, 3.05) is 12.3 Å². The third-order valence-corrected chi connectivity index (χ3v) is 7.42. The van der Waals surface area contributed by atoms with E-state index >= 15 is 0 Å². The molecule has 0 aliphatic carbocycles. The second-order valence-electron chi connectivity index (χ2n) is 8.95. The fourth-order valence-corrected chi connectivity index (χ4v) is 4.70. The molecule has 0 radical (unpaired) electrons. The van der Waals surface area contributed by atoms with Crippen molar-refractivity contribution in [2.24, 2.45) is 10.2 Å². The minimum atomic E-state index is 0.351. The van der Waals surface area contributed by atoms with Crippen LogP contribution in [0, 0.1) is 6.92 Å². The highest BCUT2D eigenvalue weighted by molar-refractivity contribution is 7.97. The summed E-state index contributed by atoms with van der Waals surface area (Å²) < 4.78 is 4.07. The summed E-state index contributed by atoms with van der Waals surface area (Å²) in [6, 6.07) is 25.1. The smallest absolute Gasteiger partial charge is 0.173 e. The fourth-order valence-electron chi connectivity index (χ4n) is 3.75. The van der Waals surface area contributed by atoms with Crippen molar-refractivity contribution in [2.45, 2.75) is 51.5 Å². The van der Waals surface area contributed by atoms with Crippen LogP contribution in [0.2, 0.25) is 0 Å². The van der Waals surface area contributed by atoms with Crippen molar-refractivity contribution in [1.29, 1.82) is 0 Å². The van der Waals surface area contributed by atoms with Gasteiger partial charge in [-0.1, -0.05) is 74.9 Å². The number of anilines is 1. The van der Waals surface area contributed by atoms with Gasteiger partial charge in [-0.2, -0.15) is 0 Å². The molecule has 0 saturated carbocycles. The van der Waals surface area contributed by atoms with Gasteiger partial charge in [-0.25, -0.2) is 8.99 Å². The van der Waals surface area contributed by atoms with E-state index in [0.29, 0.717) is 17.4 Å². The number of nitrogen functional groups attached to an aromatic ring is 1. The van der Waals surface area contributed by atoms with Gasteiger partial charge in [0.2, 0.25) is 0 Å². The van der Waals surface area contributed by atoms with Gasteiger partial charge in [0.1, 0.15) is 11.4 Å². The molecule has 4 rings (SSSR count). The summed E-state index contributed by atoms with van der Waals surface area (Å²) in [6.07, 6.45) is 2.88. The topological polar surface area (TPSA) is 71.8 Å². The normalized spacial score (nSPS) is 12.5. The minimum absolute atomic E-state index is 0.351. The maximum atomic E-state index is 6.18. The third-order valence-electron chi connectivity index (χ3n) is 6.23. The Kier molecular flexibility index (Phi) is 8.57. The Hall–Kier alpha value is -3.42. The molecular formula is C29H34N6S. The standard InChI is InChI=1S/C29H34N6S/c1-5-22(4)24-16-17-28(36-34(6-2)19-23-14-12-21(3)13-15-23)26(18-24)31-32-27-20-35(33-29(27)30)25-10-8-7-9-11-25/h7-18,20,22H,5-6,19H2,1-4H3,(H2,30,33). The summed E-state index contributed by atoms with van der Waals surface area (Å²) in [7, 11) is 0. The molecule has 0 amide bonds. The van der Waals surface area contributed by atoms with E-state index in [2.05, 4.69) is 89.8 Å². The average Bonchev–Trinajstić information content (AvgIpc) is 3.29. The molecule has 186 valence electrons. The molecule has 0 saturated heterocycles. The average molecular weight is 499 g/mol. The molecule has 1 aromatic heterocycles. The van der Waals surface area contributed by atoms with Gasteiger partial charge in [0.05, 0.1) is 16.8 Å². The number of azo groups is 1. The van der Waals surface area contributed by atoms with Crippen LogP contribution in [0.3, 0.4) is 0 Å². The Balaban J connectivity index is 1.61. The molecule has 2 N–H and O–H groups in total. The van der Waals surface area contributed by atoms with E-state index < -0.39 is 0 Å². The van der Waals surface area contributed by atoms with Crippen LogP contribution in [0.15, 0.2) is 94.1 Å². The zero-order valence-corrected chi connectivity index (χ0v) is 22.2. The number of para-hydroxylation sites is 1. The van der Waals surface area contributed by atoms with Crippen molar-refractivity contribution in [3.05, 3.63) is 95.7 Å². The van der Waals surface area contributed by atoms with E-state index in [-0.39, 0.29) is 0 Å². The van der Waals surface area contributed by atoms with Crippen molar-refractivity contribution >= 4 is 29.1 Å². The molecule has 1 heterocycles. The van der Waals surface area contributed by atoms with Crippen molar-refractivity contribution < 1.29 is 0 Å². The number of hydrogen-bond acceptors (Lipinski definition) is 6. The Morgan fingerprint density at radius 1 is 0.972 bits per heavy atom. The molecule has 0 aliphatic rings. The number of hydrogen-bond donors (Lipinski definition) is 1. The summed E-state index contributed by atoms with van der Waals surface area (Å²) in [5.41, 5.74) is 12.3. The second-order valence-corrected chi connectivity index (χ2v) is 10.1. The van der Waals surface area contributed by atoms with E-state index in [0.717, 1.165) is 35.8 Å². The van der Waals surface area contributed by atoms with Crippen molar-refractivity contribution in [3.63, 3.8) is 0 Å². The summed E-state index contributed by atoms with van der Waals surface area (Å²) in [5, 5.41) is 13.6. The Morgan fingerprint density at radius 3 is 2.39 bits per heavy atom. The Labute approximate surface area is 218 Å². The number of benzene rings is 3. The molecule has 4 aromatic rings. The van der Waals surface area contributed by atoms with Crippen molar-refractivity contribution in [3.8, 4) is 5.69 Å². The highest BCUT2D eigenvalue weighted by atomic mass is 32.2. The van der Waals surface area contributed by atoms with Gasteiger partial charge < -0.3 is 5.73 Å². The lowest BCUT2D eigenvalue weighted by Crippen LogP contribution is -2.14. The van der Waals surface area contributed by atoms with E-state index in [9.17, 15) is 0 Å². The largest absolute Gasteiger partial charge is 0.380 e. The molecule has 0 bridgehead atoms. The molecule has 36 heavy (non-hydrogen) atoms. The number of nitrogens with two attached hydrogens (primary N) is 1. The molecule has 6 nitrogen and oxygen atoms in total. The molecule has 1 unspecified atom stereocenters. The van der Waals surface area contributed by atoms with Gasteiger partial charge in [0, 0.05) is 13.1 Å². The summed E-state index contributed by atoms with van der Waals surface area (Å²) >= 11 is 1.71. The van der Waals surface area contributed by atoms with Gasteiger partial charge >= 0.3 is 0 Å². The van der Waals surface area contributed by atoms with Gasteiger partial charge in [0.15, 0.2) is 5.82 Å². The van der Waals surface area contributed by atoms with Crippen LogP contribution >= 0.6 is 11.9 Å². The zero-order valence-electron chi connectivity index (χ0n) is 21.4. The Morgan fingerprint density at radius 2 is 1.69 bits per heavy atom. The summed E-state index contributed by atoms with van der Waals surface area (Å²) in [4.78, 5) is 1.06. The lowest BCUT2D eigenvalue weighted by atomic mass is 9.98. The van der Waals surface area contributed by atoms with E-state index in [1.807, 2.05) is 36.5 Å². The first-order chi connectivity index (χ1) is 17.5. The van der Waals surface area contributed by atoms with E-state index in [1.165, 1.54) is 16.7 Å². The molecule has 0 fully saturated rings. The predicted octanol–water partition coefficient (Wildman–Crippen LogP) is 8.22. The van der Waals surface area contributed by atoms with E-state index in [4.69, 9.17) is 5.73 Å². The fraction of sp³-hybridized carbons (Fsp3) is 0.276. The number of rotatable bonds is 10. The highest BCUT2D eigenvalue weighted by Gasteiger charge is 2.14. The first-order valence-electron chi connectivity index (χ1n) is 12.4. The van der Waals surface area contributed by atoms with Crippen LogP contribution in [0.25, 0.3) is 5.69 Å². The third kappa shape index (κ3) is 6.42. The minimum Gasteiger partial charge on any atom is -0.380 e. The molecule has 7 heteroatoms. The number of aromatic nitrogens is 2.